The molecular weight excluding hydrogens is 520 g/mol. The third-order valence-corrected chi connectivity index (χ3v) is 20.3. The smallest absolute Gasteiger partial charge is 0.191 e. The Balaban J connectivity index is 1.49. The van der Waals surface area contributed by atoms with Crippen molar-refractivity contribution in [1.82, 2.24) is 0 Å². The minimum Gasteiger partial charge on any atom is -0.417 e. The highest BCUT2D eigenvalue weighted by Crippen LogP contribution is 2.76. The summed E-state index contributed by atoms with van der Waals surface area (Å²) in [6, 6.07) is 0. The van der Waals surface area contributed by atoms with Gasteiger partial charge in [-0.1, -0.05) is 69.2 Å². The first kappa shape index (κ1) is 31.9. The van der Waals surface area contributed by atoms with Crippen LogP contribution in [0.4, 0.5) is 0 Å². The van der Waals surface area contributed by atoms with Gasteiger partial charge in [0.25, 0.3) is 0 Å². The molecule has 0 N–H and O–H groups in total. The van der Waals surface area contributed by atoms with Crippen LogP contribution in [0.1, 0.15) is 140 Å². The lowest BCUT2D eigenvalue weighted by Gasteiger charge is -2.72. The van der Waals surface area contributed by atoms with E-state index in [1.165, 1.54) is 38.5 Å². The van der Waals surface area contributed by atoms with Crippen LogP contribution in [0.15, 0.2) is 0 Å². The number of hydrogen-bond donors (Lipinski definition) is 0. The maximum absolute atomic E-state index is 14.8. The molecule has 4 heteroatoms. The molecular formula is C37H64O3Si. The van der Waals surface area contributed by atoms with E-state index >= 15 is 0 Å². The lowest BCUT2D eigenvalue weighted by atomic mass is 9.31. The molecule has 5 aliphatic carbocycles. The van der Waals surface area contributed by atoms with Gasteiger partial charge in [0.05, 0.1) is 0 Å². The molecule has 5 aliphatic rings. The molecule has 41 heavy (non-hydrogen) atoms. The summed E-state index contributed by atoms with van der Waals surface area (Å²) in [5, 5.41) is 0.222. The van der Waals surface area contributed by atoms with Crippen LogP contribution in [0.2, 0.25) is 18.1 Å². The summed E-state index contributed by atoms with van der Waals surface area (Å²) in [7, 11) is -1.81. The molecule has 0 aromatic heterocycles. The average Bonchev–Trinajstić information content (AvgIpc) is 2.83. The van der Waals surface area contributed by atoms with Crippen LogP contribution in [-0.4, -0.2) is 26.5 Å². The van der Waals surface area contributed by atoms with Gasteiger partial charge in [0.15, 0.2) is 8.32 Å². The van der Waals surface area contributed by atoms with Crippen molar-refractivity contribution in [2.45, 2.75) is 158 Å². The monoisotopic (exact) mass is 584 g/mol. The van der Waals surface area contributed by atoms with E-state index in [4.69, 9.17) is 4.43 Å². The van der Waals surface area contributed by atoms with E-state index in [0.717, 1.165) is 32.3 Å². The minimum atomic E-state index is -1.81. The summed E-state index contributed by atoms with van der Waals surface area (Å²) in [5.74, 6) is 2.44. The van der Waals surface area contributed by atoms with E-state index in [2.05, 4.69) is 82.3 Å². The third kappa shape index (κ3) is 4.55. The van der Waals surface area contributed by atoms with Gasteiger partial charge in [0.1, 0.15) is 11.6 Å². The van der Waals surface area contributed by atoms with Crippen LogP contribution in [0.5, 0.6) is 0 Å². The van der Waals surface area contributed by atoms with Crippen molar-refractivity contribution in [3.63, 3.8) is 0 Å². The van der Waals surface area contributed by atoms with Crippen molar-refractivity contribution in [2.75, 3.05) is 6.61 Å². The van der Waals surface area contributed by atoms with Crippen LogP contribution in [-0.2, 0) is 14.0 Å². The lowest BCUT2D eigenvalue weighted by Crippen LogP contribution is -2.69. The van der Waals surface area contributed by atoms with Crippen molar-refractivity contribution < 1.29 is 14.0 Å². The molecule has 5 fully saturated rings. The van der Waals surface area contributed by atoms with Crippen molar-refractivity contribution in [3.05, 3.63) is 0 Å². The van der Waals surface area contributed by atoms with E-state index < -0.39 is 8.32 Å². The Morgan fingerprint density at radius 3 is 2.10 bits per heavy atom. The standard InChI is InChI=1S/C37H64O3Si/c1-31(2,3)41(11,12)40-22-21-37-19-17-32(4,5)24-25(37)30-26(38)23-28-34(8)15-14-29(39)33(6,7)27(34)13-16-35(28,9)36(30,10)18-20-37/h25,27-28,30H,13-24H2,1-12H3/t25-,27-,28+,30-,34-,35+,36+,37+/m0/s1. The van der Waals surface area contributed by atoms with Gasteiger partial charge in [-0.25, -0.2) is 0 Å². The van der Waals surface area contributed by atoms with Gasteiger partial charge in [-0.05, 0) is 121 Å². The number of rotatable bonds is 4. The Bertz CT molecular complexity index is 1080. The Kier molecular flexibility index (Phi) is 7.41. The average molecular weight is 585 g/mol. The molecule has 0 aromatic carbocycles. The molecule has 3 nitrogen and oxygen atoms in total. The fourth-order valence-electron chi connectivity index (χ4n) is 11.8. The number of Topliss-reactive ketones (excluding diaryl/α,β-unsaturated/α-hetero) is 2. The Morgan fingerprint density at radius 1 is 0.829 bits per heavy atom. The molecule has 0 unspecified atom stereocenters. The lowest BCUT2D eigenvalue weighted by molar-refractivity contribution is -0.235. The molecule has 5 saturated carbocycles. The summed E-state index contributed by atoms with van der Waals surface area (Å²) in [6.45, 7) is 29.6. The maximum atomic E-state index is 14.8. The minimum absolute atomic E-state index is 0.0362. The molecule has 0 radical (unpaired) electrons. The summed E-state index contributed by atoms with van der Waals surface area (Å²) in [5.41, 5.74) is 0.524. The second kappa shape index (κ2) is 9.51. The molecule has 0 amide bonds. The van der Waals surface area contributed by atoms with E-state index in [0.29, 0.717) is 41.2 Å². The van der Waals surface area contributed by atoms with Gasteiger partial charge in [-0.3, -0.25) is 9.59 Å². The van der Waals surface area contributed by atoms with Crippen molar-refractivity contribution in [3.8, 4) is 0 Å². The second-order valence-corrected chi connectivity index (χ2v) is 24.3. The highest BCUT2D eigenvalue weighted by Gasteiger charge is 2.72. The number of fused-ring (bicyclic) bond motifs is 7. The van der Waals surface area contributed by atoms with Crippen molar-refractivity contribution >= 4 is 19.9 Å². The normalized spacial score (nSPS) is 45.8. The highest BCUT2D eigenvalue weighted by molar-refractivity contribution is 6.74. The Hall–Kier alpha value is -0.483. The Morgan fingerprint density at radius 2 is 1.46 bits per heavy atom. The van der Waals surface area contributed by atoms with Gasteiger partial charge < -0.3 is 4.43 Å². The van der Waals surface area contributed by atoms with Crippen LogP contribution in [0.25, 0.3) is 0 Å². The van der Waals surface area contributed by atoms with Gasteiger partial charge in [0.2, 0.25) is 0 Å². The largest absolute Gasteiger partial charge is 0.417 e. The van der Waals surface area contributed by atoms with E-state index in [1.807, 2.05) is 0 Å². The molecule has 0 saturated heterocycles. The Labute approximate surface area is 254 Å². The van der Waals surface area contributed by atoms with Crippen molar-refractivity contribution in [1.29, 1.82) is 0 Å². The fraction of sp³-hybridized carbons (Fsp3) is 0.946. The molecule has 0 aromatic rings. The quantitative estimate of drug-likeness (QED) is 0.309. The topological polar surface area (TPSA) is 43.4 Å². The summed E-state index contributed by atoms with van der Waals surface area (Å²) in [4.78, 5) is 27.8. The second-order valence-electron chi connectivity index (χ2n) is 19.5. The maximum Gasteiger partial charge on any atom is 0.191 e. The summed E-state index contributed by atoms with van der Waals surface area (Å²) in [6.07, 6.45) is 12.0. The van der Waals surface area contributed by atoms with Crippen LogP contribution in [0, 0.1) is 56.2 Å². The zero-order valence-electron chi connectivity index (χ0n) is 29.0. The van der Waals surface area contributed by atoms with E-state index in [1.54, 1.807) is 0 Å². The third-order valence-electron chi connectivity index (χ3n) is 15.8. The zero-order valence-corrected chi connectivity index (χ0v) is 30.0. The predicted octanol–water partition coefficient (Wildman–Crippen LogP) is 10.0. The number of hydrogen-bond acceptors (Lipinski definition) is 3. The predicted molar refractivity (Wildman–Crippen MR) is 172 cm³/mol. The number of carbonyl (C=O) groups excluding carboxylic acids is 2. The van der Waals surface area contributed by atoms with E-state index in [-0.39, 0.29) is 38.0 Å². The van der Waals surface area contributed by atoms with Gasteiger partial charge >= 0.3 is 0 Å². The zero-order chi connectivity index (χ0) is 30.7. The molecule has 0 spiro atoms. The van der Waals surface area contributed by atoms with E-state index in [9.17, 15) is 9.59 Å². The van der Waals surface area contributed by atoms with Crippen LogP contribution >= 0.6 is 0 Å². The first-order valence-corrected chi connectivity index (χ1v) is 20.2. The number of carbonyl (C=O) groups is 2. The first-order valence-electron chi connectivity index (χ1n) is 17.3. The van der Waals surface area contributed by atoms with Crippen LogP contribution in [0.3, 0.4) is 0 Å². The molecule has 0 heterocycles. The SMILES string of the molecule is CC1(C)CC[C@]2(CCO[Si](C)(C)C(C)(C)C)CC[C@]3(C)[C@H](C(=O)C[C@@H]4[C@@]5(C)CCC(=O)C(C)(C)[C@@H]5CC[C@]43C)[C@@H]2C1. The van der Waals surface area contributed by atoms with Gasteiger partial charge in [0, 0.05) is 30.8 Å². The number of ketones is 2. The summed E-state index contributed by atoms with van der Waals surface area (Å²) < 4.78 is 6.81. The van der Waals surface area contributed by atoms with Gasteiger partial charge in [-0.2, -0.15) is 0 Å². The highest BCUT2D eigenvalue weighted by atomic mass is 28.4. The van der Waals surface area contributed by atoms with Gasteiger partial charge in [-0.15, -0.1) is 0 Å². The molecule has 0 aliphatic heterocycles. The fourth-order valence-corrected chi connectivity index (χ4v) is 12.8. The summed E-state index contributed by atoms with van der Waals surface area (Å²) >= 11 is 0. The molecule has 234 valence electrons. The van der Waals surface area contributed by atoms with Crippen LogP contribution < -0.4 is 0 Å². The molecule has 8 atom stereocenters. The van der Waals surface area contributed by atoms with Crippen molar-refractivity contribution in [2.24, 2.45) is 56.2 Å². The first-order chi connectivity index (χ1) is 18.6. The molecule has 0 bridgehead atoms. The molecule has 5 rings (SSSR count).